The lowest BCUT2D eigenvalue weighted by Crippen LogP contribution is -2.30. The van der Waals surface area contributed by atoms with Crippen LogP contribution < -0.4 is 14.2 Å². The molecule has 1 aromatic rings. The molecule has 0 spiro atoms. The van der Waals surface area contributed by atoms with E-state index in [0.717, 1.165) is 0 Å². The second-order valence-corrected chi connectivity index (χ2v) is 4.77. The number of methoxy groups -OCH3 is 3. The maximum atomic E-state index is 12.2. The van der Waals surface area contributed by atoms with Crippen molar-refractivity contribution in [1.82, 2.24) is 0 Å². The van der Waals surface area contributed by atoms with E-state index >= 15 is 0 Å². The van der Waals surface area contributed by atoms with Gasteiger partial charge < -0.3 is 23.7 Å². The molecule has 1 rings (SSSR count). The Kier molecular flexibility index (Phi) is 7.88. The minimum absolute atomic E-state index is 0.0357. The largest absolute Gasteiger partial charge is 0.496 e. The molecule has 0 saturated carbocycles. The van der Waals surface area contributed by atoms with Gasteiger partial charge in [-0.2, -0.15) is 0 Å². The highest BCUT2D eigenvalue weighted by Crippen LogP contribution is 2.36. The summed E-state index contributed by atoms with van der Waals surface area (Å²) in [4.78, 5) is 24.3. The van der Waals surface area contributed by atoms with E-state index in [2.05, 4.69) is 0 Å². The van der Waals surface area contributed by atoms with Crippen LogP contribution in [0.2, 0.25) is 0 Å². The molecule has 134 valence electrons. The third-order valence-corrected chi connectivity index (χ3v) is 3.37. The lowest BCUT2D eigenvalue weighted by molar-refractivity contribution is -0.161. The standard InChI is InChI=1S/C17H24O7/c1-6-23-16(18)13(17(19)24-7-2)10-12-14(21-4)8-11(20-3)9-15(12)22-5/h8-9,13H,6-7,10H2,1-5H3. The molecule has 0 unspecified atom stereocenters. The van der Waals surface area contributed by atoms with E-state index in [0.29, 0.717) is 22.8 Å². The fourth-order valence-corrected chi connectivity index (χ4v) is 2.23. The summed E-state index contributed by atoms with van der Waals surface area (Å²) in [6.07, 6.45) is 0.0357. The Labute approximate surface area is 141 Å². The number of esters is 2. The van der Waals surface area contributed by atoms with Crippen LogP contribution in [0.3, 0.4) is 0 Å². The highest BCUT2D eigenvalue weighted by molar-refractivity contribution is 5.95. The molecule has 1 aromatic carbocycles. The van der Waals surface area contributed by atoms with Crippen molar-refractivity contribution in [3.63, 3.8) is 0 Å². The summed E-state index contributed by atoms with van der Waals surface area (Å²) in [5.41, 5.74) is 0.562. The van der Waals surface area contributed by atoms with Crippen molar-refractivity contribution < 1.29 is 33.3 Å². The van der Waals surface area contributed by atoms with Gasteiger partial charge in [0, 0.05) is 24.1 Å². The molecule has 0 aromatic heterocycles. The number of carbonyl (C=O) groups excluding carboxylic acids is 2. The van der Waals surface area contributed by atoms with Gasteiger partial charge in [-0.1, -0.05) is 0 Å². The van der Waals surface area contributed by atoms with Gasteiger partial charge in [0.15, 0.2) is 5.92 Å². The van der Waals surface area contributed by atoms with Crippen LogP contribution in [0.15, 0.2) is 12.1 Å². The first-order valence-electron chi connectivity index (χ1n) is 7.64. The number of rotatable bonds is 9. The van der Waals surface area contributed by atoms with Crippen LogP contribution >= 0.6 is 0 Å². The Bertz CT molecular complexity index is 525. The molecule has 0 heterocycles. The molecule has 24 heavy (non-hydrogen) atoms. The average Bonchev–Trinajstić information content (AvgIpc) is 2.59. The van der Waals surface area contributed by atoms with Crippen molar-refractivity contribution in [2.45, 2.75) is 20.3 Å². The van der Waals surface area contributed by atoms with Gasteiger partial charge in [0.05, 0.1) is 34.5 Å². The van der Waals surface area contributed by atoms with Gasteiger partial charge >= 0.3 is 11.9 Å². The molecule has 0 fully saturated rings. The minimum atomic E-state index is -1.10. The van der Waals surface area contributed by atoms with Gasteiger partial charge in [-0.25, -0.2) is 0 Å². The van der Waals surface area contributed by atoms with Crippen LogP contribution in [0, 0.1) is 5.92 Å². The van der Waals surface area contributed by atoms with E-state index in [-0.39, 0.29) is 19.6 Å². The van der Waals surface area contributed by atoms with Crippen LogP contribution in [-0.4, -0.2) is 46.5 Å². The number of hydrogen-bond acceptors (Lipinski definition) is 7. The summed E-state index contributed by atoms with van der Waals surface area (Å²) in [6, 6.07) is 3.32. The van der Waals surface area contributed by atoms with Gasteiger partial charge in [0.25, 0.3) is 0 Å². The van der Waals surface area contributed by atoms with Crippen molar-refractivity contribution >= 4 is 11.9 Å². The quantitative estimate of drug-likeness (QED) is 0.502. The lowest BCUT2D eigenvalue weighted by Gasteiger charge is -2.19. The SMILES string of the molecule is CCOC(=O)C(Cc1c(OC)cc(OC)cc1OC)C(=O)OCC. The first-order valence-corrected chi connectivity index (χ1v) is 7.64. The van der Waals surface area contributed by atoms with Crippen LogP contribution in [0.4, 0.5) is 0 Å². The fourth-order valence-electron chi connectivity index (χ4n) is 2.23. The van der Waals surface area contributed by atoms with Crippen molar-refractivity contribution in [1.29, 1.82) is 0 Å². The van der Waals surface area contributed by atoms with Crippen LogP contribution in [0.25, 0.3) is 0 Å². The Morgan fingerprint density at radius 2 is 1.33 bits per heavy atom. The maximum Gasteiger partial charge on any atom is 0.320 e. The Morgan fingerprint density at radius 3 is 1.67 bits per heavy atom. The number of ether oxygens (including phenoxy) is 5. The molecule has 0 aliphatic carbocycles. The molecular weight excluding hydrogens is 316 g/mol. The summed E-state index contributed by atoms with van der Waals surface area (Å²) in [7, 11) is 4.50. The van der Waals surface area contributed by atoms with Gasteiger partial charge in [0.2, 0.25) is 0 Å². The lowest BCUT2D eigenvalue weighted by atomic mass is 9.97. The van der Waals surface area contributed by atoms with Crippen molar-refractivity contribution in [2.75, 3.05) is 34.5 Å². The number of benzene rings is 1. The second kappa shape index (κ2) is 9.64. The molecule has 7 nitrogen and oxygen atoms in total. The second-order valence-electron chi connectivity index (χ2n) is 4.77. The van der Waals surface area contributed by atoms with Crippen molar-refractivity contribution in [3.05, 3.63) is 17.7 Å². The number of hydrogen-bond donors (Lipinski definition) is 0. The molecule has 0 atom stereocenters. The summed E-state index contributed by atoms with van der Waals surface area (Å²) in [5, 5.41) is 0. The summed E-state index contributed by atoms with van der Waals surface area (Å²) in [5.74, 6) is -0.946. The third kappa shape index (κ3) is 4.78. The zero-order valence-electron chi connectivity index (χ0n) is 14.7. The average molecular weight is 340 g/mol. The summed E-state index contributed by atoms with van der Waals surface area (Å²) in [6.45, 7) is 3.70. The van der Waals surface area contributed by atoms with Gasteiger partial charge in [-0.15, -0.1) is 0 Å². The van der Waals surface area contributed by atoms with Crippen LogP contribution in [0.1, 0.15) is 19.4 Å². The highest BCUT2D eigenvalue weighted by atomic mass is 16.6. The smallest absolute Gasteiger partial charge is 0.320 e. The van der Waals surface area contributed by atoms with E-state index in [9.17, 15) is 9.59 Å². The molecule has 0 aliphatic rings. The summed E-state index contributed by atoms with van der Waals surface area (Å²) < 4.78 is 25.9. The van der Waals surface area contributed by atoms with E-state index in [1.54, 1.807) is 26.0 Å². The van der Waals surface area contributed by atoms with E-state index in [1.807, 2.05) is 0 Å². The minimum Gasteiger partial charge on any atom is -0.496 e. The molecule has 0 amide bonds. The molecule has 0 radical (unpaired) electrons. The van der Waals surface area contributed by atoms with Crippen molar-refractivity contribution in [3.8, 4) is 17.2 Å². The first-order chi connectivity index (χ1) is 11.5. The van der Waals surface area contributed by atoms with E-state index in [1.165, 1.54) is 21.3 Å². The monoisotopic (exact) mass is 340 g/mol. The molecular formula is C17H24O7. The topological polar surface area (TPSA) is 80.3 Å². The highest BCUT2D eigenvalue weighted by Gasteiger charge is 2.32. The van der Waals surface area contributed by atoms with E-state index < -0.39 is 17.9 Å². The van der Waals surface area contributed by atoms with E-state index in [4.69, 9.17) is 23.7 Å². The Balaban J connectivity index is 3.25. The first kappa shape index (κ1) is 19.6. The normalized spacial score (nSPS) is 10.2. The van der Waals surface area contributed by atoms with Gasteiger partial charge in [-0.3, -0.25) is 9.59 Å². The van der Waals surface area contributed by atoms with Gasteiger partial charge in [0.1, 0.15) is 17.2 Å². The Morgan fingerprint density at radius 1 is 0.875 bits per heavy atom. The maximum absolute atomic E-state index is 12.2. The van der Waals surface area contributed by atoms with Crippen LogP contribution in [0.5, 0.6) is 17.2 Å². The Hall–Kier alpha value is -2.44. The summed E-state index contributed by atoms with van der Waals surface area (Å²) >= 11 is 0. The molecule has 0 N–H and O–H groups in total. The molecule has 0 aliphatic heterocycles. The van der Waals surface area contributed by atoms with Crippen LogP contribution in [-0.2, 0) is 25.5 Å². The molecule has 0 saturated heterocycles. The molecule has 0 bridgehead atoms. The molecule has 7 heteroatoms. The predicted molar refractivity (Wildman–Crippen MR) is 86.6 cm³/mol. The van der Waals surface area contributed by atoms with Crippen molar-refractivity contribution in [2.24, 2.45) is 5.92 Å². The number of carbonyl (C=O) groups is 2. The predicted octanol–water partition coefficient (Wildman–Crippen LogP) is 2.00. The fraction of sp³-hybridized carbons (Fsp3) is 0.529. The third-order valence-electron chi connectivity index (χ3n) is 3.37. The zero-order chi connectivity index (χ0) is 18.1. The van der Waals surface area contributed by atoms with Gasteiger partial charge in [-0.05, 0) is 13.8 Å². The zero-order valence-corrected chi connectivity index (χ0v) is 14.7.